The molecular weight excluding hydrogens is 488 g/mol. The van der Waals surface area contributed by atoms with Gasteiger partial charge in [-0.1, -0.05) is 132 Å². The predicted octanol–water partition coefficient (Wildman–Crippen LogP) is 8.47. The molecule has 0 saturated carbocycles. The van der Waals surface area contributed by atoms with Gasteiger partial charge in [-0.25, -0.2) is 12.2 Å². The van der Waals surface area contributed by atoms with Crippen LogP contribution in [-0.2, 0) is 26.2 Å². The zero-order valence-electron chi connectivity index (χ0n) is 19.1. The van der Waals surface area contributed by atoms with Crippen molar-refractivity contribution in [2.24, 2.45) is 0 Å². The Labute approximate surface area is 222 Å². The van der Waals surface area contributed by atoms with Gasteiger partial charge in [0.2, 0.25) is 0 Å². The van der Waals surface area contributed by atoms with E-state index in [9.17, 15) is 0 Å². The standard InChI is InChI=1S/C28H21.C5H5.Zr/c1-5-13-23(14-6-1)21-27(25-17-9-3-10-18-25)28(26-19-11-4-12-20-26)22-24-15-7-2-8-16-24;1-2-4-5-3-1;/h1-21H;1-3H,4H2;/q2*-1;+2. The van der Waals surface area contributed by atoms with E-state index in [2.05, 4.69) is 115 Å². The van der Waals surface area contributed by atoms with Crippen molar-refractivity contribution in [3.8, 4) is 0 Å². The molecule has 0 amide bonds. The molecule has 0 aliphatic heterocycles. The second kappa shape index (κ2) is 14.1. The summed E-state index contributed by atoms with van der Waals surface area (Å²) in [5.74, 6) is 0. The Hall–Kier alpha value is -3.28. The zero-order chi connectivity index (χ0) is 22.6. The van der Waals surface area contributed by atoms with Gasteiger partial charge in [0.25, 0.3) is 0 Å². The first-order valence-electron chi connectivity index (χ1n) is 11.2. The van der Waals surface area contributed by atoms with Gasteiger partial charge in [-0.05, 0) is 5.56 Å². The maximum Gasteiger partial charge on any atom is 2.00 e. The maximum atomic E-state index is 3.66. The molecule has 0 nitrogen and oxygen atoms in total. The largest absolute Gasteiger partial charge is 2.00 e. The van der Waals surface area contributed by atoms with Crippen molar-refractivity contribution in [3.05, 3.63) is 174 Å². The molecular formula is C33H26Zr. The molecule has 34 heavy (non-hydrogen) atoms. The predicted molar refractivity (Wildman–Crippen MR) is 141 cm³/mol. The van der Waals surface area contributed by atoms with Gasteiger partial charge in [0.15, 0.2) is 0 Å². The first kappa shape index (κ1) is 25.3. The third-order valence-corrected chi connectivity index (χ3v) is 5.16. The summed E-state index contributed by atoms with van der Waals surface area (Å²) in [6, 6.07) is 41.8. The summed E-state index contributed by atoms with van der Waals surface area (Å²) in [4.78, 5) is 0. The van der Waals surface area contributed by atoms with Crippen molar-refractivity contribution in [1.29, 1.82) is 0 Å². The third-order valence-electron chi connectivity index (χ3n) is 5.16. The molecule has 0 bridgehead atoms. The van der Waals surface area contributed by atoms with E-state index >= 15 is 0 Å². The fraction of sp³-hybridized carbons (Fsp3) is 0.0303. The minimum atomic E-state index is 0. The van der Waals surface area contributed by atoms with Crippen LogP contribution in [0.5, 0.6) is 0 Å². The molecule has 0 heterocycles. The van der Waals surface area contributed by atoms with E-state index in [-0.39, 0.29) is 26.2 Å². The van der Waals surface area contributed by atoms with E-state index in [4.69, 9.17) is 0 Å². The van der Waals surface area contributed by atoms with Crippen molar-refractivity contribution in [2.45, 2.75) is 6.42 Å². The molecule has 4 aromatic rings. The number of rotatable bonds is 5. The van der Waals surface area contributed by atoms with Crippen LogP contribution in [0.15, 0.2) is 140 Å². The van der Waals surface area contributed by atoms with Gasteiger partial charge in [-0.3, -0.25) is 6.08 Å². The van der Waals surface area contributed by atoms with Crippen LogP contribution >= 0.6 is 0 Å². The number of allylic oxidation sites excluding steroid dienone is 6. The molecule has 0 N–H and O–H groups in total. The Morgan fingerprint density at radius 3 is 1.68 bits per heavy atom. The Bertz CT molecular complexity index is 1130. The van der Waals surface area contributed by atoms with E-state index in [1.807, 2.05) is 42.5 Å². The number of benzene rings is 4. The second-order valence-corrected chi connectivity index (χ2v) is 7.57. The molecule has 1 heteroatoms. The van der Waals surface area contributed by atoms with E-state index in [1.165, 1.54) is 11.1 Å². The Morgan fingerprint density at radius 1 is 0.647 bits per heavy atom. The smallest absolute Gasteiger partial charge is 0.273 e. The SMILES string of the molecule is [C-](=C(C(=Cc1ccccc1)c1ccccc1)c1ccccc1)c1ccccc1.[C-]1=CC=CC1.[Zr+2]. The molecule has 0 spiro atoms. The average molecular weight is 514 g/mol. The molecule has 162 valence electrons. The quantitative estimate of drug-likeness (QED) is 0.143. The molecule has 5 rings (SSSR count). The zero-order valence-corrected chi connectivity index (χ0v) is 21.5. The van der Waals surface area contributed by atoms with E-state index < -0.39 is 0 Å². The van der Waals surface area contributed by atoms with Gasteiger partial charge < -0.3 is 0 Å². The van der Waals surface area contributed by atoms with Crippen LogP contribution in [0.2, 0.25) is 0 Å². The maximum absolute atomic E-state index is 3.66. The van der Waals surface area contributed by atoms with Crippen molar-refractivity contribution >= 4 is 17.2 Å². The topological polar surface area (TPSA) is 0 Å². The molecule has 0 saturated heterocycles. The minimum absolute atomic E-state index is 0. The van der Waals surface area contributed by atoms with Crippen molar-refractivity contribution in [1.82, 2.24) is 0 Å². The van der Waals surface area contributed by atoms with E-state index in [0.717, 1.165) is 28.7 Å². The summed E-state index contributed by atoms with van der Waals surface area (Å²) < 4.78 is 0. The fourth-order valence-corrected chi connectivity index (χ4v) is 3.54. The summed E-state index contributed by atoms with van der Waals surface area (Å²) in [6.45, 7) is 0. The van der Waals surface area contributed by atoms with Crippen LogP contribution in [0.3, 0.4) is 0 Å². The molecule has 0 unspecified atom stereocenters. The van der Waals surface area contributed by atoms with Gasteiger partial charge >= 0.3 is 26.2 Å². The summed E-state index contributed by atoms with van der Waals surface area (Å²) in [7, 11) is 0. The van der Waals surface area contributed by atoms with Crippen LogP contribution < -0.4 is 0 Å². The van der Waals surface area contributed by atoms with Crippen molar-refractivity contribution in [3.63, 3.8) is 0 Å². The second-order valence-electron chi connectivity index (χ2n) is 7.57. The van der Waals surface area contributed by atoms with E-state index in [0.29, 0.717) is 0 Å². The van der Waals surface area contributed by atoms with Gasteiger partial charge in [0, 0.05) is 0 Å². The molecule has 4 aromatic carbocycles. The molecule has 0 radical (unpaired) electrons. The molecule has 1 aliphatic carbocycles. The minimum Gasteiger partial charge on any atom is -0.273 e. The van der Waals surface area contributed by atoms with E-state index in [1.54, 1.807) is 0 Å². The number of hydrogen-bond donors (Lipinski definition) is 0. The molecule has 0 fully saturated rings. The third kappa shape index (κ3) is 7.65. The Morgan fingerprint density at radius 2 is 1.18 bits per heavy atom. The Kier molecular flexibility index (Phi) is 10.5. The van der Waals surface area contributed by atoms with Crippen molar-refractivity contribution in [2.75, 3.05) is 0 Å². The number of hydrogen-bond acceptors (Lipinski definition) is 0. The summed E-state index contributed by atoms with van der Waals surface area (Å²) in [5.41, 5.74) is 6.80. The average Bonchev–Trinajstić information content (AvgIpc) is 3.49. The summed E-state index contributed by atoms with van der Waals surface area (Å²) >= 11 is 0. The summed E-state index contributed by atoms with van der Waals surface area (Å²) in [6.07, 6.45) is 15.9. The van der Waals surface area contributed by atoms with Crippen molar-refractivity contribution < 1.29 is 26.2 Å². The van der Waals surface area contributed by atoms with Gasteiger partial charge in [0.1, 0.15) is 0 Å². The van der Waals surface area contributed by atoms with Crippen LogP contribution in [0.25, 0.3) is 17.2 Å². The van der Waals surface area contributed by atoms with Crippen LogP contribution in [0, 0.1) is 12.2 Å². The van der Waals surface area contributed by atoms with Gasteiger partial charge in [0.05, 0.1) is 0 Å². The van der Waals surface area contributed by atoms with Gasteiger partial charge in [-0.2, -0.15) is 6.08 Å². The van der Waals surface area contributed by atoms with Gasteiger partial charge in [-0.15, -0.1) is 35.8 Å². The van der Waals surface area contributed by atoms with Crippen LogP contribution in [-0.4, -0.2) is 0 Å². The summed E-state index contributed by atoms with van der Waals surface area (Å²) in [5, 5.41) is 0. The first-order chi connectivity index (χ1) is 16.4. The van der Waals surface area contributed by atoms with Crippen LogP contribution in [0.4, 0.5) is 0 Å². The molecule has 1 aliphatic rings. The van der Waals surface area contributed by atoms with Crippen LogP contribution in [0.1, 0.15) is 28.7 Å². The molecule has 0 atom stereocenters. The molecule has 0 aromatic heterocycles. The normalized spacial score (nSPS) is 12.5. The Balaban J connectivity index is 0.000000481. The fourth-order valence-electron chi connectivity index (χ4n) is 3.54. The first-order valence-corrected chi connectivity index (χ1v) is 11.2. The monoisotopic (exact) mass is 512 g/mol.